The van der Waals surface area contributed by atoms with E-state index in [1.54, 1.807) is 13.0 Å². The van der Waals surface area contributed by atoms with Crippen LogP contribution in [0.5, 0.6) is 5.75 Å². The quantitative estimate of drug-likeness (QED) is 0.400. The zero-order chi connectivity index (χ0) is 18.1. The number of rotatable bonds is 8. The van der Waals surface area contributed by atoms with Crippen LogP contribution in [0.25, 0.3) is 6.08 Å². The first-order valence-electron chi connectivity index (χ1n) is 8.40. The molecular weight excluding hydrogens is 316 g/mol. The summed E-state index contributed by atoms with van der Waals surface area (Å²) in [4.78, 5) is 12.0. The van der Waals surface area contributed by atoms with Gasteiger partial charge in [0.25, 0.3) is 0 Å². The summed E-state index contributed by atoms with van der Waals surface area (Å²) in [5.41, 5.74) is 1.96. The van der Waals surface area contributed by atoms with Crippen molar-refractivity contribution in [3.8, 4) is 5.75 Å². The number of hydrogen-bond acceptors (Lipinski definition) is 4. The van der Waals surface area contributed by atoms with Crippen molar-refractivity contribution in [1.82, 2.24) is 0 Å². The molecule has 2 aromatic carbocycles. The number of carbonyl (C=O) groups is 1. The van der Waals surface area contributed by atoms with Gasteiger partial charge in [0.15, 0.2) is 0 Å². The SMILES string of the molecule is CCOC(=O)C(=Cc1ccc(OCc2ccccc2)cc1)OC(C)C. The minimum Gasteiger partial charge on any atom is -0.489 e. The highest BCUT2D eigenvalue weighted by Gasteiger charge is 2.14. The van der Waals surface area contributed by atoms with Crippen LogP contribution in [0.3, 0.4) is 0 Å². The van der Waals surface area contributed by atoms with Gasteiger partial charge in [-0.05, 0) is 50.1 Å². The van der Waals surface area contributed by atoms with Crippen LogP contribution in [0.4, 0.5) is 0 Å². The Balaban J connectivity index is 2.04. The summed E-state index contributed by atoms with van der Waals surface area (Å²) in [6.07, 6.45) is 1.57. The molecule has 0 bridgehead atoms. The topological polar surface area (TPSA) is 44.8 Å². The molecule has 0 aromatic heterocycles. The number of esters is 1. The molecule has 0 heterocycles. The molecule has 0 aliphatic rings. The van der Waals surface area contributed by atoms with Gasteiger partial charge in [-0.1, -0.05) is 42.5 Å². The molecular formula is C21H24O4. The minimum absolute atomic E-state index is 0.107. The summed E-state index contributed by atoms with van der Waals surface area (Å²) in [7, 11) is 0. The van der Waals surface area contributed by atoms with Crippen molar-refractivity contribution in [1.29, 1.82) is 0 Å². The van der Waals surface area contributed by atoms with Crippen LogP contribution in [0, 0.1) is 0 Å². The molecule has 0 saturated heterocycles. The van der Waals surface area contributed by atoms with E-state index >= 15 is 0 Å². The maximum atomic E-state index is 12.0. The molecule has 4 heteroatoms. The highest BCUT2D eigenvalue weighted by molar-refractivity contribution is 5.91. The van der Waals surface area contributed by atoms with Crippen LogP contribution in [0.15, 0.2) is 60.4 Å². The average Bonchev–Trinajstić information content (AvgIpc) is 2.61. The van der Waals surface area contributed by atoms with Gasteiger partial charge in [0.05, 0.1) is 12.7 Å². The van der Waals surface area contributed by atoms with E-state index in [1.165, 1.54) is 0 Å². The molecule has 0 fully saturated rings. The standard InChI is InChI=1S/C21H24O4/c1-4-23-21(22)20(25-16(2)3)14-17-10-12-19(13-11-17)24-15-18-8-6-5-7-9-18/h5-14,16H,4,15H2,1-3H3. The van der Waals surface area contributed by atoms with Crippen LogP contribution in [0.2, 0.25) is 0 Å². The summed E-state index contributed by atoms with van der Waals surface area (Å²) >= 11 is 0. The van der Waals surface area contributed by atoms with Crippen LogP contribution in [-0.4, -0.2) is 18.7 Å². The predicted octanol–water partition coefficient (Wildman–Crippen LogP) is 4.59. The lowest BCUT2D eigenvalue weighted by Gasteiger charge is -2.12. The zero-order valence-electron chi connectivity index (χ0n) is 14.9. The van der Waals surface area contributed by atoms with Crippen LogP contribution in [-0.2, 0) is 20.9 Å². The lowest BCUT2D eigenvalue weighted by atomic mass is 10.2. The third-order valence-corrected chi connectivity index (χ3v) is 3.27. The lowest BCUT2D eigenvalue weighted by molar-refractivity contribution is -0.143. The van der Waals surface area contributed by atoms with Gasteiger partial charge in [-0.25, -0.2) is 4.79 Å². The maximum absolute atomic E-state index is 12.0. The Labute approximate surface area is 149 Å². The molecule has 4 nitrogen and oxygen atoms in total. The first-order valence-corrected chi connectivity index (χ1v) is 8.40. The third-order valence-electron chi connectivity index (χ3n) is 3.27. The first kappa shape index (κ1) is 18.6. The van der Waals surface area contributed by atoms with Crippen molar-refractivity contribution in [3.63, 3.8) is 0 Å². The Morgan fingerprint density at radius 3 is 2.32 bits per heavy atom. The first-order chi connectivity index (χ1) is 12.1. The molecule has 2 aromatic rings. The van der Waals surface area contributed by atoms with E-state index in [-0.39, 0.29) is 11.9 Å². The number of benzene rings is 2. The zero-order valence-corrected chi connectivity index (χ0v) is 14.9. The fourth-order valence-corrected chi connectivity index (χ4v) is 2.15. The van der Waals surface area contributed by atoms with E-state index in [4.69, 9.17) is 14.2 Å². The maximum Gasteiger partial charge on any atom is 0.373 e. The molecule has 0 radical (unpaired) electrons. The molecule has 0 unspecified atom stereocenters. The molecule has 0 saturated carbocycles. The van der Waals surface area contributed by atoms with Crippen molar-refractivity contribution < 1.29 is 19.0 Å². The Kier molecular flexibility index (Phi) is 7.08. The van der Waals surface area contributed by atoms with Gasteiger partial charge in [0.1, 0.15) is 12.4 Å². The lowest BCUT2D eigenvalue weighted by Crippen LogP contribution is -2.14. The molecule has 0 amide bonds. The van der Waals surface area contributed by atoms with Gasteiger partial charge in [-0.15, -0.1) is 0 Å². The van der Waals surface area contributed by atoms with Crippen molar-refractivity contribution >= 4 is 12.0 Å². The minimum atomic E-state index is -0.458. The molecule has 0 aliphatic carbocycles. The van der Waals surface area contributed by atoms with Crippen molar-refractivity contribution in [2.24, 2.45) is 0 Å². The van der Waals surface area contributed by atoms with Gasteiger partial charge < -0.3 is 14.2 Å². The Hall–Kier alpha value is -2.75. The van der Waals surface area contributed by atoms with E-state index in [0.717, 1.165) is 16.9 Å². The number of carbonyl (C=O) groups excluding carboxylic acids is 1. The summed E-state index contributed by atoms with van der Waals surface area (Å²) in [5.74, 6) is 0.513. The van der Waals surface area contributed by atoms with E-state index < -0.39 is 5.97 Å². The summed E-state index contributed by atoms with van der Waals surface area (Å²) < 4.78 is 16.4. The highest BCUT2D eigenvalue weighted by atomic mass is 16.6. The molecule has 0 spiro atoms. The van der Waals surface area contributed by atoms with Crippen LogP contribution < -0.4 is 4.74 Å². The highest BCUT2D eigenvalue weighted by Crippen LogP contribution is 2.17. The molecule has 25 heavy (non-hydrogen) atoms. The Bertz CT molecular complexity index is 688. The van der Waals surface area contributed by atoms with E-state index in [2.05, 4.69) is 0 Å². The molecule has 0 atom stereocenters. The smallest absolute Gasteiger partial charge is 0.373 e. The fourth-order valence-electron chi connectivity index (χ4n) is 2.15. The van der Waals surface area contributed by atoms with Gasteiger partial charge in [0.2, 0.25) is 5.76 Å². The van der Waals surface area contributed by atoms with Crippen molar-refractivity contribution in [3.05, 3.63) is 71.5 Å². The monoisotopic (exact) mass is 340 g/mol. The molecule has 2 rings (SSSR count). The largest absolute Gasteiger partial charge is 0.489 e. The van der Waals surface area contributed by atoms with Gasteiger partial charge >= 0.3 is 5.97 Å². The molecule has 0 aliphatic heterocycles. The summed E-state index contributed by atoms with van der Waals surface area (Å²) in [6.45, 7) is 6.33. The summed E-state index contributed by atoms with van der Waals surface area (Å²) in [6, 6.07) is 17.5. The van der Waals surface area contributed by atoms with Gasteiger partial charge in [-0.3, -0.25) is 0 Å². The van der Waals surface area contributed by atoms with E-state index in [0.29, 0.717) is 13.2 Å². The second-order valence-electron chi connectivity index (χ2n) is 5.74. The van der Waals surface area contributed by atoms with Gasteiger partial charge in [-0.2, -0.15) is 0 Å². The molecule has 0 N–H and O–H groups in total. The van der Waals surface area contributed by atoms with Crippen molar-refractivity contribution in [2.45, 2.75) is 33.5 Å². The fraction of sp³-hybridized carbons (Fsp3) is 0.286. The normalized spacial score (nSPS) is 11.3. The number of hydrogen-bond donors (Lipinski definition) is 0. The van der Waals surface area contributed by atoms with Crippen molar-refractivity contribution in [2.75, 3.05) is 6.61 Å². The predicted molar refractivity (Wildman–Crippen MR) is 98.0 cm³/mol. The van der Waals surface area contributed by atoms with Gasteiger partial charge in [0, 0.05) is 0 Å². The average molecular weight is 340 g/mol. The molecule has 132 valence electrons. The third kappa shape index (κ3) is 6.34. The summed E-state index contributed by atoms with van der Waals surface area (Å²) in [5, 5.41) is 0. The Morgan fingerprint density at radius 2 is 1.72 bits per heavy atom. The second-order valence-corrected chi connectivity index (χ2v) is 5.74. The van der Waals surface area contributed by atoms with E-state index in [9.17, 15) is 4.79 Å². The van der Waals surface area contributed by atoms with E-state index in [1.807, 2.05) is 68.4 Å². The number of ether oxygens (including phenoxy) is 3. The second kappa shape index (κ2) is 9.52. The van der Waals surface area contributed by atoms with Crippen LogP contribution in [0.1, 0.15) is 31.9 Å². The Morgan fingerprint density at radius 1 is 1.04 bits per heavy atom. The van der Waals surface area contributed by atoms with Crippen LogP contribution >= 0.6 is 0 Å².